The molecule has 1 aliphatic carbocycles. The molecular formula is C13H15F3N2O2. The molecule has 0 aliphatic heterocycles. The lowest BCUT2D eigenvalue weighted by Gasteiger charge is -2.15. The molecule has 0 atom stereocenters. The van der Waals surface area contributed by atoms with Gasteiger partial charge in [0.2, 0.25) is 0 Å². The monoisotopic (exact) mass is 288 g/mol. The zero-order valence-corrected chi connectivity index (χ0v) is 10.8. The van der Waals surface area contributed by atoms with Gasteiger partial charge < -0.3 is 5.11 Å². The van der Waals surface area contributed by atoms with Crippen LogP contribution in [0.15, 0.2) is 6.20 Å². The Kier molecular flexibility index (Phi) is 4.25. The van der Waals surface area contributed by atoms with Gasteiger partial charge in [0, 0.05) is 12.1 Å². The number of nitrogens with zero attached hydrogens (tertiary/aromatic N) is 2. The Balaban J connectivity index is 2.38. The topological polar surface area (TPSA) is 63.1 Å². The lowest BCUT2D eigenvalue weighted by Crippen LogP contribution is -2.18. The van der Waals surface area contributed by atoms with Gasteiger partial charge in [0.15, 0.2) is 5.69 Å². The standard InChI is InChI=1S/C13H15F3N2O2/c14-13(15,16)10-9(12(19)20)7-17-11(18-10)8-5-3-1-2-4-6-8/h7-8H,1-6H2,(H,19,20). The van der Waals surface area contributed by atoms with E-state index in [4.69, 9.17) is 5.11 Å². The van der Waals surface area contributed by atoms with E-state index in [0.29, 0.717) is 0 Å². The van der Waals surface area contributed by atoms with Gasteiger partial charge in [-0.25, -0.2) is 14.8 Å². The van der Waals surface area contributed by atoms with E-state index >= 15 is 0 Å². The van der Waals surface area contributed by atoms with Crippen molar-refractivity contribution in [2.24, 2.45) is 0 Å². The van der Waals surface area contributed by atoms with Crippen molar-refractivity contribution in [1.82, 2.24) is 9.97 Å². The lowest BCUT2D eigenvalue weighted by atomic mass is 9.99. The molecule has 1 aliphatic rings. The second-order valence-electron chi connectivity index (χ2n) is 4.98. The molecule has 110 valence electrons. The van der Waals surface area contributed by atoms with Crippen LogP contribution in [0.4, 0.5) is 13.2 Å². The fourth-order valence-corrected chi connectivity index (χ4v) is 2.50. The predicted molar refractivity (Wildman–Crippen MR) is 64.4 cm³/mol. The molecule has 1 saturated carbocycles. The Bertz CT molecular complexity index is 495. The number of hydrogen-bond acceptors (Lipinski definition) is 3. The SMILES string of the molecule is O=C(O)c1cnc(C2CCCCCC2)nc1C(F)(F)F. The normalized spacial score (nSPS) is 17.8. The second-order valence-corrected chi connectivity index (χ2v) is 4.98. The Hall–Kier alpha value is -1.66. The number of carboxylic acids is 1. The van der Waals surface area contributed by atoms with Crippen molar-refractivity contribution in [3.63, 3.8) is 0 Å². The highest BCUT2D eigenvalue weighted by molar-refractivity contribution is 5.88. The maximum absolute atomic E-state index is 12.9. The van der Waals surface area contributed by atoms with E-state index < -0.39 is 23.4 Å². The van der Waals surface area contributed by atoms with E-state index in [-0.39, 0.29) is 11.7 Å². The third kappa shape index (κ3) is 3.26. The molecule has 4 nitrogen and oxygen atoms in total. The van der Waals surface area contributed by atoms with Gasteiger partial charge in [-0.2, -0.15) is 13.2 Å². The van der Waals surface area contributed by atoms with Gasteiger partial charge in [-0.3, -0.25) is 0 Å². The van der Waals surface area contributed by atoms with Gasteiger partial charge >= 0.3 is 12.1 Å². The van der Waals surface area contributed by atoms with E-state index in [0.717, 1.165) is 44.7 Å². The Morgan fingerprint density at radius 1 is 1.20 bits per heavy atom. The van der Waals surface area contributed by atoms with Crippen LogP contribution in [0.1, 0.15) is 66.3 Å². The average Bonchev–Trinajstić information content (AvgIpc) is 2.65. The number of aromatic carboxylic acids is 1. The molecular weight excluding hydrogens is 273 g/mol. The predicted octanol–water partition coefficient (Wildman–Crippen LogP) is 3.63. The fraction of sp³-hybridized carbons (Fsp3) is 0.615. The number of carbonyl (C=O) groups is 1. The van der Waals surface area contributed by atoms with Gasteiger partial charge in [-0.15, -0.1) is 0 Å². The molecule has 0 amide bonds. The molecule has 0 saturated heterocycles. The first-order chi connectivity index (χ1) is 9.39. The molecule has 1 heterocycles. The zero-order valence-electron chi connectivity index (χ0n) is 10.8. The zero-order chi connectivity index (χ0) is 14.8. The molecule has 0 bridgehead atoms. The second kappa shape index (κ2) is 5.76. The summed E-state index contributed by atoms with van der Waals surface area (Å²) in [4.78, 5) is 18.2. The van der Waals surface area contributed by atoms with Gasteiger partial charge in [0.25, 0.3) is 0 Å². The molecule has 1 aromatic rings. The van der Waals surface area contributed by atoms with Crippen LogP contribution in [0.2, 0.25) is 0 Å². The number of rotatable bonds is 2. The first-order valence-corrected chi connectivity index (χ1v) is 6.57. The van der Waals surface area contributed by atoms with Crippen LogP contribution in [0, 0.1) is 0 Å². The minimum absolute atomic E-state index is 0.110. The number of carboxylic acid groups (broad SMARTS) is 1. The van der Waals surface area contributed by atoms with E-state index in [1.807, 2.05) is 0 Å². The van der Waals surface area contributed by atoms with Gasteiger partial charge in [-0.05, 0) is 12.8 Å². The van der Waals surface area contributed by atoms with Crippen LogP contribution in [-0.2, 0) is 6.18 Å². The average molecular weight is 288 g/mol. The molecule has 0 unspecified atom stereocenters. The van der Waals surface area contributed by atoms with Gasteiger partial charge in [0.1, 0.15) is 11.4 Å². The molecule has 1 aromatic heterocycles. The summed E-state index contributed by atoms with van der Waals surface area (Å²) < 4.78 is 38.6. The highest BCUT2D eigenvalue weighted by Crippen LogP contribution is 2.34. The summed E-state index contributed by atoms with van der Waals surface area (Å²) in [5.41, 5.74) is -2.24. The maximum Gasteiger partial charge on any atom is 0.434 e. The molecule has 0 radical (unpaired) electrons. The number of halogens is 3. The largest absolute Gasteiger partial charge is 0.478 e. The third-order valence-corrected chi connectivity index (χ3v) is 3.53. The van der Waals surface area contributed by atoms with E-state index in [2.05, 4.69) is 9.97 Å². The number of alkyl halides is 3. The molecule has 20 heavy (non-hydrogen) atoms. The van der Waals surface area contributed by atoms with Crippen LogP contribution in [0.25, 0.3) is 0 Å². The van der Waals surface area contributed by atoms with Crippen molar-refractivity contribution in [2.45, 2.75) is 50.6 Å². The van der Waals surface area contributed by atoms with Crippen molar-refractivity contribution >= 4 is 5.97 Å². The molecule has 0 spiro atoms. The first kappa shape index (κ1) is 14.7. The molecule has 0 aromatic carbocycles. The summed E-state index contributed by atoms with van der Waals surface area (Å²) in [6, 6.07) is 0. The Morgan fingerprint density at radius 3 is 2.30 bits per heavy atom. The number of hydrogen-bond donors (Lipinski definition) is 1. The Morgan fingerprint density at radius 2 is 1.80 bits per heavy atom. The number of aromatic nitrogens is 2. The summed E-state index contributed by atoms with van der Waals surface area (Å²) in [5.74, 6) is -1.66. The summed E-state index contributed by atoms with van der Waals surface area (Å²) in [5, 5.41) is 8.80. The summed E-state index contributed by atoms with van der Waals surface area (Å²) >= 11 is 0. The van der Waals surface area contributed by atoms with Crippen molar-refractivity contribution < 1.29 is 23.1 Å². The summed E-state index contributed by atoms with van der Waals surface area (Å²) in [7, 11) is 0. The first-order valence-electron chi connectivity index (χ1n) is 6.57. The molecule has 1 fully saturated rings. The maximum atomic E-state index is 12.9. The van der Waals surface area contributed by atoms with E-state index in [1.54, 1.807) is 0 Å². The summed E-state index contributed by atoms with van der Waals surface area (Å²) in [6.07, 6.45) is 1.51. The van der Waals surface area contributed by atoms with Crippen molar-refractivity contribution in [3.8, 4) is 0 Å². The smallest absolute Gasteiger partial charge is 0.434 e. The highest BCUT2D eigenvalue weighted by Gasteiger charge is 2.38. The lowest BCUT2D eigenvalue weighted by molar-refractivity contribution is -0.142. The molecule has 7 heteroatoms. The van der Waals surface area contributed by atoms with Crippen LogP contribution in [0.3, 0.4) is 0 Å². The van der Waals surface area contributed by atoms with Crippen LogP contribution in [-0.4, -0.2) is 21.0 Å². The van der Waals surface area contributed by atoms with Crippen molar-refractivity contribution in [2.75, 3.05) is 0 Å². The van der Waals surface area contributed by atoms with Crippen LogP contribution >= 0.6 is 0 Å². The van der Waals surface area contributed by atoms with Gasteiger partial charge in [0.05, 0.1) is 0 Å². The Labute approximate surface area is 114 Å². The minimum Gasteiger partial charge on any atom is -0.478 e. The highest BCUT2D eigenvalue weighted by atomic mass is 19.4. The van der Waals surface area contributed by atoms with Crippen molar-refractivity contribution in [1.29, 1.82) is 0 Å². The molecule has 2 rings (SSSR count). The fourth-order valence-electron chi connectivity index (χ4n) is 2.50. The minimum atomic E-state index is -4.78. The van der Waals surface area contributed by atoms with Crippen LogP contribution in [0.5, 0.6) is 0 Å². The quantitative estimate of drug-likeness (QED) is 0.844. The molecule has 1 N–H and O–H groups in total. The van der Waals surface area contributed by atoms with E-state index in [9.17, 15) is 18.0 Å². The van der Waals surface area contributed by atoms with Gasteiger partial charge in [-0.1, -0.05) is 25.7 Å². The summed E-state index contributed by atoms with van der Waals surface area (Å²) in [6.45, 7) is 0. The third-order valence-electron chi connectivity index (χ3n) is 3.53. The van der Waals surface area contributed by atoms with Crippen LogP contribution < -0.4 is 0 Å². The van der Waals surface area contributed by atoms with Crippen molar-refractivity contribution in [3.05, 3.63) is 23.3 Å². The van der Waals surface area contributed by atoms with E-state index in [1.165, 1.54) is 0 Å².